The van der Waals surface area contributed by atoms with Gasteiger partial charge in [0.25, 0.3) is 0 Å². The maximum absolute atomic E-state index is 13.6. The van der Waals surface area contributed by atoms with Crippen LogP contribution in [0.25, 0.3) is 0 Å². The number of hydrogen-bond donors (Lipinski definition) is 1. The predicted molar refractivity (Wildman–Crippen MR) is 62.0 cm³/mol. The summed E-state index contributed by atoms with van der Waals surface area (Å²) in [4.78, 5) is 2.12. The number of benzene rings is 1. The van der Waals surface area contributed by atoms with Gasteiger partial charge in [0, 0.05) is 18.2 Å². The van der Waals surface area contributed by atoms with Gasteiger partial charge in [-0.2, -0.15) is 0 Å². The van der Waals surface area contributed by atoms with Crippen molar-refractivity contribution in [3.63, 3.8) is 0 Å². The minimum atomic E-state index is -0.285. The molecule has 0 aliphatic heterocycles. The molecule has 2 nitrogen and oxygen atoms in total. The minimum absolute atomic E-state index is 0.227. The lowest BCUT2D eigenvalue weighted by molar-refractivity contribution is 0.241. The molecular formula is C12H19FN2. The van der Waals surface area contributed by atoms with Gasteiger partial charge in [0.1, 0.15) is 0 Å². The van der Waals surface area contributed by atoms with Crippen LogP contribution in [-0.2, 0) is 6.54 Å². The fourth-order valence-electron chi connectivity index (χ4n) is 1.46. The average molecular weight is 210 g/mol. The number of anilines is 1. The molecule has 1 aromatic rings. The molecule has 0 saturated carbocycles. The largest absolute Gasteiger partial charge is 0.396 e. The molecule has 0 aromatic heterocycles. The Bertz CT molecular complexity index is 325. The lowest BCUT2D eigenvalue weighted by Gasteiger charge is -2.23. The third-order valence-corrected chi connectivity index (χ3v) is 2.87. The van der Waals surface area contributed by atoms with Crippen LogP contribution in [0.1, 0.15) is 25.8 Å². The van der Waals surface area contributed by atoms with Crippen molar-refractivity contribution in [3.8, 4) is 0 Å². The van der Waals surface area contributed by atoms with Gasteiger partial charge < -0.3 is 5.73 Å². The molecule has 0 heterocycles. The Kier molecular flexibility index (Phi) is 4.09. The smallest absolute Gasteiger partial charge is 0.150 e. The molecule has 0 radical (unpaired) electrons. The third-order valence-electron chi connectivity index (χ3n) is 2.87. The standard InChI is InChI=1S/C12H19FN2/c1-4-9(2)15(3)8-10-6-5-7-11(14)12(10)13/h5-7,9H,4,8,14H2,1-3H3. The maximum Gasteiger partial charge on any atom is 0.150 e. The summed E-state index contributed by atoms with van der Waals surface area (Å²) in [6.07, 6.45) is 1.06. The van der Waals surface area contributed by atoms with Crippen LogP contribution in [0.2, 0.25) is 0 Å². The fourth-order valence-corrected chi connectivity index (χ4v) is 1.46. The Morgan fingerprint density at radius 2 is 2.13 bits per heavy atom. The molecule has 1 atom stereocenters. The molecule has 3 heteroatoms. The molecule has 84 valence electrons. The first-order valence-corrected chi connectivity index (χ1v) is 5.29. The van der Waals surface area contributed by atoms with Gasteiger partial charge in [-0.1, -0.05) is 19.1 Å². The number of nitrogen functional groups attached to an aromatic ring is 1. The number of nitrogens with two attached hydrogens (primary N) is 1. The summed E-state index contributed by atoms with van der Waals surface area (Å²) in [6.45, 7) is 4.85. The van der Waals surface area contributed by atoms with Crippen LogP contribution in [0.4, 0.5) is 10.1 Å². The zero-order chi connectivity index (χ0) is 11.4. The topological polar surface area (TPSA) is 29.3 Å². The third kappa shape index (κ3) is 2.93. The van der Waals surface area contributed by atoms with E-state index < -0.39 is 0 Å². The lowest BCUT2D eigenvalue weighted by Crippen LogP contribution is -2.28. The first-order chi connectivity index (χ1) is 7.06. The van der Waals surface area contributed by atoms with E-state index in [-0.39, 0.29) is 11.5 Å². The SMILES string of the molecule is CCC(C)N(C)Cc1cccc(N)c1F. The molecule has 0 amide bonds. The summed E-state index contributed by atoms with van der Waals surface area (Å²) in [5, 5.41) is 0. The molecule has 0 fully saturated rings. The predicted octanol–water partition coefficient (Wildman–Crippen LogP) is 2.64. The second-order valence-corrected chi connectivity index (χ2v) is 3.99. The molecule has 0 bridgehead atoms. The van der Waals surface area contributed by atoms with Gasteiger partial charge in [-0.3, -0.25) is 4.90 Å². The zero-order valence-electron chi connectivity index (χ0n) is 9.63. The monoisotopic (exact) mass is 210 g/mol. The van der Waals surface area contributed by atoms with E-state index >= 15 is 0 Å². The van der Waals surface area contributed by atoms with Crippen molar-refractivity contribution in [2.75, 3.05) is 12.8 Å². The molecule has 1 aromatic carbocycles. The van der Waals surface area contributed by atoms with Gasteiger partial charge >= 0.3 is 0 Å². The highest BCUT2D eigenvalue weighted by atomic mass is 19.1. The van der Waals surface area contributed by atoms with Gasteiger partial charge in [-0.25, -0.2) is 4.39 Å². The summed E-state index contributed by atoms with van der Waals surface area (Å²) in [5.41, 5.74) is 6.40. The first kappa shape index (κ1) is 12.0. The summed E-state index contributed by atoms with van der Waals surface area (Å²) >= 11 is 0. The van der Waals surface area contributed by atoms with Crippen molar-refractivity contribution < 1.29 is 4.39 Å². The van der Waals surface area contributed by atoms with Crippen molar-refractivity contribution in [1.29, 1.82) is 0 Å². The van der Waals surface area contributed by atoms with E-state index in [2.05, 4.69) is 18.7 Å². The Morgan fingerprint density at radius 3 is 2.73 bits per heavy atom. The van der Waals surface area contributed by atoms with Crippen LogP contribution in [-0.4, -0.2) is 18.0 Å². The van der Waals surface area contributed by atoms with Crippen molar-refractivity contribution >= 4 is 5.69 Å². The Hall–Kier alpha value is -1.09. The quantitative estimate of drug-likeness (QED) is 0.774. The Balaban J connectivity index is 2.76. The average Bonchev–Trinajstić information content (AvgIpc) is 2.23. The number of rotatable bonds is 4. The number of halogens is 1. The molecule has 1 unspecified atom stereocenters. The molecular weight excluding hydrogens is 191 g/mol. The van der Waals surface area contributed by atoms with E-state index in [0.717, 1.165) is 6.42 Å². The van der Waals surface area contributed by atoms with E-state index in [1.54, 1.807) is 18.2 Å². The maximum atomic E-state index is 13.6. The highest BCUT2D eigenvalue weighted by Crippen LogP contribution is 2.17. The van der Waals surface area contributed by atoms with E-state index in [0.29, 0.717) is 18.2 Å². The second kappa shape index (κ2) is 5.12. The van der Waals surface area contributed by atoms with Gasteiger partial charge in [0.05, 0.1) is 5.69 Å². The Morgan fingerprint density at radius 1 is 1.47 bits per heavy atom. The van der Waals surface area contributed by atoms with Crippen LogP contribution < -0.4 is 5.73 Å². The molecule has 1 rings (SSSR count). The zero-order valence-corrected chi connectivity index (χ0v) is 9.63. The summed E-state index contributed by atoms with van der Waals surface area (Å²) in [7, 11) is 2.00. The summed E-state index contributed by atoms with van der Waals surface area (Å²) < 4.78 is 13.6. The van der Waals surface area contributed by atoms with E-state index in [1.807, 2.05) is 7.05 Å². The van der Waals surface area contributed by atoms with E-state index in [9.17, 15) is 4.39 Å². The number of nitrogens with zero attached hydrogens (tertiary/aromatic N) is 1. The van der Waals surface area contributed by atoms with Crippen LogP contribution in [0.5, 0.6) is 0 Å². The lowest BCUT2D eigenvalue weighted by atomic mass is 10.1. The molecule has 15 heavy (non-hydrogen) atoms. The van der Waals surface area contributed by atoms with Crippen LogP contribution in [0.3, 0.4) is 0 Å². The van der Waals surface area contributed by atoms with Crippen molar-refractivity contribution in [3.05, 3.63) is 29.6 Å². The highest BCUT2D eigenvalue weighted by molar-refractivity contribution is 5.42. The molecule has 2 N–H and O–H groups in total. The van der Waals surface area contributed by atoms with Crippen LogP contribution in [0, 0.1) is 5.82 Å². The number of hydrogen-bond acceptors (Lipinski definition) is 2. The normalized spacial score (nSPS) is 13.1. The fraction of sp³-hybridized carbons (Fsp3) is 0.500. The summed E-state index contributed by atoms with van der Waals surface area (Å²) in [5.74, 6) is -0.285. The summed E-state index contributed by atoms with van der Waals surface area (Å²) in [6, 6.07) is 5.61. The molecule has 0 spiro atoms. The van der Waals surface area contributed by atoms with Crippen LogP contribution in [0.15, 0.2) is 18.2 Å². The molecule has 0 saturated heterocycles. The van der Waals surface area contributed by atoms with Gasteiger partial charge in [-0.05, 0) is 26.5 Å². The van der Waals surface area contributed by atoms with Crippen LogP contribution >= 0.6 is 0 Å². The highest BCUT2D eigenvalue weighted by Gasteiger charge is 2.11. The van der Waals surface area contributed by atoms with E-state index in [4.69, 9.17) is 5.73 Å². The van der Waals surface area contributed by atoms with Crippen molar-refractivity contribution in [1.82, 2.24) is 4.90 Å². The van der Waals surface area contributed by atoms with Gasteiger partial charge in [0.2, 0.25) is 0 Å². The molecule has 0 aliphatic rings. The Labute approximate surface area is 90.9 Å². The van der Waals surface area contributed by atoms with Gasteiger partial charge in [0.15, 0.2) is 5.82 Å². The van der Waals surface area contributed by atoms with Gasteiger partial charge in [-0.15, -0.1) is 0 Å². The van der Waals surface area contributed by atoms with Crippen molar-refractivity contribution in [2.24, 2.45) is 0 Å². The van der Waals surface area contributed by atoms with E-state index in [1.165, 1.54) is 0 Å². The minimum Gasteiger partial charge on any atom is -0.396 e. The van der Waals surface area contributed by atoms with Crippen molar-refractivity contribution in [2.45, 2.75) is 32.9 Å². The molecule has 0 aliphatic carbocycles. The second-order valence-electron chi connectivity index (χ2n) is 3.99. The first-order valence-electron chi connectivity index (χ1n) is 5.29.